The molecule has 0 bridgehead atoms. The molecule has 0 saturated carbocycles. The molecule has 0 unspecified atom stereocenters. The highest BCUT2D eigenvalue weighted by atomic mass is 19.4. The van der Waals surface area contributed by atoms with Gasteiger partial charge in [0.2, 0.25) is 0 Å². The molecular formula is C26H27F3N4O5. The van der Waals surface area contributed by atoms with Gasteiger partial charge in [0, 0.05) is 36.7 Å². The third-order valence-electron chi connectivity index (χ3n) is 6.78. The van der Waals surface area contributed by atoms with Crippen LogP contribution in [0, 0.1) is 16.0 Å². The van der Waals surface area contributed by atoms with Gasteiger partial charge < -0.3 is 29.2 Å². The number of ether oxygens (including phenoxy) is 3. The second kappa shape index (κ2) is 10.8. The van der Waals surface area contributed by atoms with E-state index >= 15 is 0 Å². The van der Waals surface area contributed by atoms with E-state index in [4.69, 9.17) is 14.2 Å². The van der Waals surface area contributed by atoms with Crippen molar-refractivity contribution in [1.82, 2.24) is 9.55 Å². The van der Waals surface area contributed by atoms with E-state index in [0.29, 0.717) is 31.9 Å². The van der Waals surface area contributed by atoms with Crippen molar-refractivity contribution in [3.05, 3.63) is 70.4 Å². The second-order valence-corrected chi connectivity index (χ2v) is 9.43. The van der Waals surface area contributed by atoms with E-state index in [0.717, 1.165) is 43.8 Å². The molecule has 3 heterocycles. The van der Waals surface area contributed by atoms with Crippen LogP contribution in [0.5, 0.6) is 17.5 Å². The molecule has 1 aromatic heterocycles. The summed E-state index contributed by atoms with van der Waals surface area (Å²) in [5.74, 6) is 0.977. The highest BCUT2D eigenvalue weighted by molar-refractivity contribution is 5.49. The zero-order valence-corrected chi connectivity index (χ0v) is 20.5. The van der Waals surface area contributed by atoms with Gasteiger partial charge in [0.05, 0.1) is 12.2 Å². The maximum absolute atomic E-state index is 12.9. The van der Waals surface area contributed by atoms with Crippen LogP contribution in [-0.2, 0) is 12.7 Å². The summed E-state index contributed by atoms with van der Waals surface area (Å²) >= 11 is 0. The number of nitro groups is 1. The third-order valence-corrected chi connectivity index (χ3v) is 6.78. The van der Waals surface area contributed by atoms with Gasteiger partial charge in [-0.1, -0.05) is 6.07 Å². The summed E-state index contributed by atoms with van der Waals surface area (Å²) in [5.41, 5.74) is 0.361. The number of imidazole rings is 1. The quantitative estimate of drug-likeness (QED) is 0.286. The molecule has 38 heavy (non-hydrogen) atoms. The summed E-state index contributed by atoms with van der Waals surface area (Å²) in [6.45, 7) is 2.91. The first-order chi connectivity index (χ1) is 18.2. The number of piperidine rings is 1. The first-order valence-electron chi connectivity index (χ1n) is 12.4. The average molecular weight is 533 g/mol. The number of aromatic nitrogens is 2. The fraction of sp³-hybridized carbons (Fsp3) is 0.423. The Hall–Kier alpha value is -3.96. The molecule has 2 aliphatic heterocycles. The van der Waals surface area contributed by atoms with E-state index in [-0.39, 0.29) is 29.6 Å². The highest BCUT2D eigenvalue weighted by Crippen LogP contribution is 2.32. The molecule has 12 heteroatoms. The van der Waals surface area contributed by atoms with Crippen LogP contribution in [-0.4, -0.2) is 46.9 Å². The van der Waals surface area contributed by atoms with Crippen LogP contribution in [0.2, 0.25) is 0 Å². The summed E-state index contributed by atoms with van der Waals surface area (Å²) in [6.07, 6.45) is -0.845. The number of hydrogen-bond acceptors (Lipinski definition) is 7. The molecule has 0 amide bonds. The molecule has 0 spiro atoms. The summed E-state index contributed by atoms with van der Waals surface area (Å²) < 4.78 is 57.6. The number of aryl methyl sites for hydroxylation is 1. The number of hydrogen-bond donors (Lipinski definition) is 0. The number of rotatable bonds is 8. The molecule has 0 radical (unpaired) electrons. The zero-order chi connectivity index (χ0) is 26.7. The number of anilines is 1. The van der Waals surface area contributed by atoms with Gasteiger partial charge in [-0.25, -0.2) is 0 Å². The summed E-state index contributed by atoms with van der Waals surface area (Å²) in [5, 5.41) is 10.9. The van der Waals surface area contributed by atoms with Gasteiger partial charge in [0.25, 0.3) is 0 Å². The summed E-state index contributed by atoms with van der Waals surface area (Å²) in [4.78, 5) is 16.5. The molecule has 202 valence electrons. The van der Waals surface area contributed by atoms with Crippen LogP contribution in [0.3, 0.4) is 0 Å². The predicted molar refractivity (Wildman–Crippen MR) is 132 cm³/mol. The Morgan fingerprint density at radius 2 is 1.74 bits per heavy atom. The standard InChI is InChI=1S/C26H27F3N4O5/c27-26(28,29)19-2-1-3-22(14-19)36-16-18-8-11-31(12-9-18)20-4-6-21(7-5-20)37-17-23-10-13-32-15-24(33(34)35)30-25(32)38-23/h1-7,14-15,18,23H,8-13,16-17H2/t23-/m1/s1. The monoisotopic (exact) mass is 532 g/mol. The first kappa shape index (κ1) is 25.7. The van der Waals surface area contributed by atoms with E-state index in [9.17, 15) is 23.3 Å². The minimum atomic E-state index is -4.38. The minimum absolute atomic E-state index is 0.232. The van der Waals surface area contributed by atoms with Crippen molar-refractivity contribution in [3.63, 3.8) is 0 Å². The maximum atomic E-state index is 12.9. The number of nitrogens with zero attached hydrogens (tertiary/aromatic N) is 4. The number of alkyl halides is 3. The molecule has 1 fully saturated rings. The van der Waals surface area contributed by atoms with Crippen molar-refractivity contribution in [2.75, 3.05) is 31.2 Å². The number of fused-ring (bicyclic) bond motifs is 1. The molecule has 9 nitrogen and oxygen atoms in total. The van der Waals surface area contributed by atoms with Gasteiger partial charge >= 0.3 is 18.0 Å². The van der Waals surface area contributed by atoms with Crippen LogP contribution in [0.25, 0.3) is 0 Å². The molecule has 0 N–H and O–H groups in total. The van der Waals surface area contributed by atoms with Crippen LogP contribution in [0.15, 0.2) is 54.7 Å². The smallest absolute Gasteiger partial charge is 0.416 e. The van der Waals surface area contributed by atoms with Crippen molar-refractivity contribution < 1.29 is 32.3 Å². The van der Waals surface area contributed by atoms with Gasteiger partial charge in [0.15, 0.2) is 0 Å². The van der Waals surface area contributed by atoms with Gasteiger partial charge in [-0.3, -0.25) is 4.57 Å². The lowest BCUT2D eigenvalue weighted by molar-refractivity contribution is -0.389. The Bertz CT molecular complexity index is 1260. The van der Waals surface area contributed by atoms with Crippen LogP contribution >= 0.6 is 0 Å². The lowest BCUT2D eigenvalue weighted by Crippen LogP contribution is -2.35. The number of halogens is 3. The Morgan fingerprint density at radius 3 is 2.45 bits per heavy atom. The first-order valence-corrected chi connectivity index (χ1v) is 12.4. The van der Waals surface area contributed by atoms with Crippen molar-refractivity contribution in [1.29, 1.82) is 0 Å². The average Bonchev–Trinajstić information content (AvgIpc) is 3.35. The van der Waals surface area contributed by atoms with Gasteiger partial charge in [0.1, 0.15) is 30.4 Å². The summed E-state index contributed by atoms with van der Waals surface area (Å²) in [7, 11) is 0. The predicted octanol–water partition coefficient (Wildman–Crippen LogP) is 5.34. The summed E-state index contributed by atoms with van der Waals surface area (Å²) in [6, 6.07) is 13.0. The highest BCUT2D eigenvalue weighted by Gasteiger charge is 2.31. The molecule has 5 rings (SSSR count). The van der Waals surface area contributed by atoms with E-state index in [1.165, 1.54) is 12.3 Å². The molecule has 2 aliphatic rings. The van der Waals surface area contributed by atoms with Crippen molar-refractivity contribution in [2.45, 2.75) is 38.1 Å². The van der Waals surface area contributed by atoms with Crippen LogP contribution in [0.4, 0.5) is 24.7 Å². The van der Waals surface area contributed by atoms with Gasteiger partial charge in [-0.2, -0.15) is 13.2 Å². The van der Waals surface area contributed by atoms with E-state index in [1.807, 2.05) is 24.3 Å². The van der Waals surface area contributed by atoms with Crippen molar-refractivity contribution in [3.8, 4) is 17.5 Å². The largest absolute Gasteiger partial charge is 0.493 e. The topological polar surface area (TPSA) is 91.9 Å². The zero-order valence-electron chi connectivity index (χ0n) is 20.5. The molecule has 2 aromatic carbocycles. The van der Waals surface area contributed by atoms with Crippen LogP contribution < -0.4 is 19.1 Å². The Morgan fingerprint density at radius 1 is 1.00 bits per heavy atom. The Labute approximate surface area is 216 Å². The normalized spacial score (nSPS) is 18.0. The Kier molecular flexibility index (Phi) is 7.30. The fourth-order valence-corrected chi connectivity index (χ4v) is 4.61. The van der Waals surface area contributed by atoms with Crippen molar-refractivity contribution in [2.24, 2.45) is 5.92 Å². The van der Waals surface area contributed by atoms with Crippen LogP contribution in [0.1, 0.15) is 24.8 Å². The van der Waals surface area contributed by atoms with E-state index in [1.54, 1.807) is 10.6 Å². The van der Waals surface area contributed by atoms with E-state index in [2.05, 4.69) is 9.88 Å². The van der Waals surface area contributed by atoms with Gasteiger partial charge in [-0.05, 0) is 66.1 Å². The fourth-order valence-electron chi connectivity index (χ4n) is 4.61. The van der Waals surface area contributed by atoms with Crippen molar-refractivity contribution >= 4 is 11.5 Å². The van der Waals surface area contributed by atoms with Gasteiger partial charge in [-0.15, -0.1) is 0 Å². The van der Waals surface area contributed by atoms with E-state index < -0.39 is 16.7 Å². The lowest BCUT2D eigenvalue weighted by atomic mass is 9.97. The molecule has 1 atom stereocenters. The Balaban J connectivity index is 1.06. The minimum Gasteiger partial charge on any atom is -0.493 e. The third kappa shape index (κ3) is 6.12. The second-order valence-electron chi connectivity index (χ2n) is 9.43. The lowest BCUT2D eigenvalue weighted by Gasteiger charge is -2.33. The molecule has 1 saturated heterocycles. The molecule has 3 aromatic rings. The molecule has 0 aliphatic carbocycles. The number of benzene rings is 2. The molecular weight excluding hydrogens is 505 g/mol. The SMILES string of the molecule is O=[N+]([O-])c1cn2c(n1)O[C@@H](COc1ccc(N3CCC(COc4cccc(C(F)(F)F)c4)CC3)cc1)CC2. The maximum Gasteiger partial charge on any atom is 0.416 e.